The van der Waals surface area contributed by atoms with E-state index in [4.69, 9.17) is 9.72 Å². The van der Waals surface area contributed by atoms with Crippen LogP contribution in [-0.4, -0.2) is 28.3 Å². The van der Waals surface area contributed by atoms with E-state index in [1.165, 1.54) is 11.1 Å². The zero-order valence-corrected chi connectivity index (χ0v) is 14.1. The normalized spacial score (nSPS) is 14.4. The van der Waals surface area contributed by atoms with Gasteiger partial charge < -0.3 is 14.8 Å². The summed E-state index contributed by atoms with van der Waals surface area (Å²) in [6, 6.07) is 15.5. The molecule has 0 unspecified atom stereocenters. The van der Waals surface area contributed by atoms with E-state index in [-0.39, 0.29) is 5.75 Å². The Kier molecular flexibility index (Phi) is 4.12. The van der Waals surface area contributed by atoms with Gasteiger partial charge in [0.15, 0.2) is 0 Å². The van der Waals surface area contributed by atoms with Gasteiger partial charge in [0.05, 0.1) is 24.6 Å². The van der Waals surface area contributed by atoms with Gasteiger partial charge >= 0.3 is 0 Å². The average molecular weight is 332 g/mol. The van der Waals surface area contributed by atoms with E-state index >= 15 is 0 Å². The highest BCUT2D eigenvalue weighted by molar-refractivity contribution is 5.80. The molecule has 0 bridgehead atoms. The molecule has 25 heavy (non-hydrogen) atoms. The first-order valence-corrected chi connectivity index (χ1v) is 8.44. The number of aryl methyl sites for hydroxylation is 1. The molecule has 0 saturated carbocycles. The van der Waals surface area contributed by atoms with Crippen molar-refractivity contribution in [1.82, 2.24) is 9.97 Å². The van der Waals surface area contributed by atoms with Crippen molar-refractivity contribution < 1.29 is 9.84 Å². The number of phenols is 1. The fourth-order valence-electron chi connectivity index (χ4n) is 3.12. The molecular weight excluding hydrogens is 312 g/mol. The Morgan fingerprint density at radius 1 is 1.08 bits per heavy atom. The van der Waals surface area contributed by atoms with Crippen LogP contribution in [0.4, 0.5) is 0 Å². The Balaban J connectivity index is 1.85. The van der Waals surface area contributed by atoms with E-state index in [1.807, 2.05) is 12.1 Å². The van der Waals surface area contributed by atoms with Gasteiger partial charge in [0.1, 0.15) is 11.6 Å². The molecule has 0 aliphatic carbocycles. The van der Waals surface area contributed by atoms with Gasteiger partial charge in [-0.05, 0) is 49.2 Å². The first-order chi connectivity index (χ1) is 12.2. The van der Waals surface area contributed by atoms with E-state index in [2.05, 4.69) is 42.2 Å². The summed E-state index contributed by atoms with van der Waals surface area (Å²) in [6.07, 6.45) is 2.99. The fourth-order valence-corrected chi connectivity index (χ4v) is 3.12. The van der Waals surface area contributed by atoms with Crippen LogP contribution < -0.4 is 0 Å². The van der Waals surface area contributed by atoms with Crippen molar-refractivity contribution in [2.45, 2.75) is 13.3 Å². The summed E-state index contributed by atoms with van der Waals surface area (Å²) < 4.78 is 5.45. The largest absolute Gasteiger partial charge is 0.508 e. The van der Waals surface area contributed by atoms with Gasteiger partial charge in [-0.3, -0.25) is 0 Å². The first kappa shape index (κ1) is 15.7. The molecule has 0 atom stereocenters. The van der Waals surface area contributed by atoms with E-state index in [0.29, 0.717) is 6.61 Å². The summed E-state index contributed by atoms with van der Waals surface area (Å²) >= 11 is 0. The van der Waals surface area contributed by atoms with Crippen molar-refractivity contribution in [3.05, 3.63) is 65.9 Å². The third kappa shape index (κ3) is 3.21. The monoisotopic (exact) mass is 332 g/mol. The van der Waals surface area contributed by atoms with Crippen LogP contribution in [0.3, 0.4) is 0 Å². The van der Waals surface area contributed by atoms with Crippen molar-refractivity contribution in [2.24, 2.45) is 0 Å². The number of benzene rings is 2. The maximum atomic E-state index is 9.52. The van der Waals surface area contributed by atoms with E-state index in [1.54, 1.807) is 12.1 Å². The lowest BCUT2D eigenvalue weighted by molar-refractivity contribution is 0.161. The summed E-state index contributed by atoms with van der Waals surface area (Å²) in [5.41, 5.74) is 6.50. The predicted molar refractivity (Wildman–Crippen MR) is 99.3 cm³/mol. The molecule has 1 aliphatic heterocycles. The van der Waals surface area contributed by atoms with Crippen molar-refractivity contribution in [1.29, 1.82) is 0 Å². The van der Waals surface area contributed by atoms with Crippen LogP contribution in [0, 0.1) is 6.92 Å². The number of H-pyrrole nitrogens is 1. The third-order valence-corrected chi connectivity index (χ3v) is 4.42. The van der Waals surface area contributed by atoms with Crippen LogP contribution in [0.5, 0.6) is 5.75 Å². The molecule has 1 aromatic heterocycles. The predicted octanol–water partition coefficient (Wildman–Crippen LogP) is 4.56. The average Bonchev–Trinajstić information content (AvgIpc) is 3.08. The Morgan fingerprint density at radius 2 is 1.92 bits per heavy atom. The number of hydrogen-bond donors (Lipinski definition) is 2. The van der Waals surface area contributed by atoms with Gasteiger partial charge in [0.2, 0.25) is 0 Å². The van der Waals surface area contributed by atoms with Gasteiger partial charge in [0.25, 0.3) is 0 Å². The Labute approximate surface area is 146 Å². The highest BCUT2D eigenvalue weighted by Gasteiger charge is 2.18. The maximum absolute atomic E-state index is 9.52. The lowest BCUT2D eigenvalue weighted by atomic mass is 10.0. The minimum absolute atomic E-state index is 0.251. The van der Waals surface area contributed by atoms with Crippen LogP contribution >= 0.6 is 0 Å². The number of aromatic amines is 1. The molecule has 126 valence electrons. The number of rotatable bonds is 3. The van der Waals surface area contributed by atoms with Crippen LogP contribution in [-0.2, 0) is 4.74 Å². The number of hydrogen-bond acceptors (Lipinski definition) is 3. The van der Waals surface area contributed by atoms with Crippen LogP contribution in [0.2, 0.25) is 0 Å². The van der Waals surface area contributed by atoms with Gasteiger partial charge in [-0.2, -0.15) is 0 Å². The first-order valence-electron chi connectivity index (χ1n) is 8.44. The van der Waals surface area contributed by atoms with Gasteiger partial charge in [-0.25, -0.2) is 4.98 Å². The third-order valence-electron chi connectivity index (χ3n) is 4.42. The Bertz CT molecular complexity index is 923. The number of imidazole rings is 1. The zero-order chi connectivity index (χ0) is 17.2. The summed E-state index contributed by atoms with van der Waals surface area (Å²) in [6.45, 7) is 3.45. The fraction of sp³-hybridized carbons (Fsp3) is 0.190. The van der Waals surface area contributed by atoms with Crippen molar-refractivity contribution in [2.75, 3.05) is 13.2 Å². The maximum Gasteiger partial charge on any atom is 0.138 e. The molecule has 2 N–H and O–H groups in total. The van der Waals surface area contributed by atoms with Gasteiger partial charge in [-0.1, -0.05) is 29.8 Å². The minimum atomic E-state index is 0.251. The number of aromatic hydroxyl groups is 1. The van der Waals surface area contributed by atoms with Crippen LogP contribution in [0.15, 0.2) is 54.6 Å². The number of aromatic nitrogens is 2. The second kappa shape index (κ2) is 6.57. The molecule has 1 aliphatic rings. The number of ether oxygens (including phenoxy) is 1. The van der Waals surface area contributed by atoms with Crippen molar-refractivity contribution in [3.63, 3.8) is 0 Å². The lowest BCUT2D eigenvalue weighted by Crippen LogP contribution is -2.04. The zero-order valence-electron chi connectivity index (χ0n) is 14.1. The molecule has 0 fully saturated rings. The summed E-state index contributed by atoms with van der Waals surface area (Å²) in [5.74, 6) is 1.06. The highest BCUT2D eigenvalue weighted by atomic mass is 16.5. The molecule has 0 radical (unpaired) electrons. The second-order valence-electron chi connectivity index (χ2n) is 6.28. The molecule has 4 rings (SSSR count). The Hall–Kier alpha value is -2.85. The SMILES string of the molecule is Cc1cccc(-c2nc(-c3ccc(O)cc3)[nH]c2C2=CCOCC2)c1. The quantitative estimate of drug-likeness (QED) is 0.739. The molecule has 0 amide bonds. The number of nitrogens with one attached hydrogen (secondary N) is 1. The molecule has 4 nitrogen and oxygen atoms in total. The second-order valence-corrected chi connectivity index (χ2v) is 6.28. The van der Waals surface area contributed by atoms with E-state index in [0.717, 1.165) is 41.4 Å². The minimum Gasteiger partial charge on any atom is -0.508 e. The summed E-state index contributed by atoms with van der Waals surface area (Å²) in [7, 11) is 0. The molecular formula is C21H20N2O2. The number of nitrogens with zero attached hydrogens (tertiary/aromatic N) is 1. The van der Waals surface area contributed by atoms with Gasteiger partial charge in [0, 0.05) is 11.1 Å². The molecule has 2 heterocycles. The smallest absolute Gasteiger partial charge is 0.138 e. The van der Waals surface area contributed by atoms with Crippen molar-refractivity contribution in [3.8, 4) is 28.4 Å². The molecule has 4 heteroatoms. The summed E-state index contributed by atoms with van der Waals surface area (Å²) in [5, 5.41) is 9.52. The topological polar surface area (TPSA) is 58.1 Å². The molecule has 2 aromatic carbocycles. The molecule has 0 spiro atoms. The van der Waals surface area contributed by atoms with Crippen LogP contribution in [0.1, 0.15) is 17.7 Å². The molecule has 0 saturated heterocycles. The number of phenolic OH excluding ortho intramolecular Hbond substituents is 1. The van der Waals surface area contributed by atoms with Crippen molar-refractivity contribution >= 4 is 5.57 Å². The van der Waals surface area contributed by atoms with E-state index < -0.39 is 0 Å². The lowest BCUT2D eigenvalue weighted by Gasteiger charge is -2.13. The van der Waals surface area contributed by atoms with Crippen LogP contribution in [0.25, 0.3) is 28.2 Å². The van der Waals surface area contributed by atoms with E-state index in [9.17, 15) is 5.11 Å². The standard InChI is InChI=1S/C21H20N2O2/c1-14-3-2-4-17(13-14)20-19(15-9-11-25-12-10-15)22-21(23-20)16-5-7-18(24)8-6-16/h2-9,13,24H,10-12H2,1H3,(H,22,23). The molecule has 3 aromatic rings. The van der Waals surface area contributed by atoms with Gasteiger partial charge in [-0.15, -0.1) is 0 Å². The summed E-state index contributed by atoms with van der Waals surface area (Å²) in [4.78, 5) is 8.37. The Morgan fingerprint density at radius 3 is 2.64 bits per heavy atom. The highest BCUT2D eigenvalue weighted by Crippen LogP contribution is 2.33.